The minimum absolute atomic E-state index is 0.0201. The number of rotatable bonds is 9. The summed E-state index contributed by atoms with van der Waals surface area (Å²) in [6.45, 7) is 8.36. The number of carbonyl (C=O) groups is 2. The van der Waals surface area contributed by atoms with Gasteiger partial charge in [0.2, 0.25) is 11.8 Å². The maximum absolute atomic E-state index is 13.1. The molecule has 0 radical (unpaired) electrons. The summed E-state index contributed by atoms with van der Waals surface area (Å²) in [5.74, 6) is -0.117. The van der Waals surface area contributed by atoms with E-state index in [0.29, 0.717) is 13.0 Å². The van der Waals surface area contributed by atoms with Gasteiger partial charge in [-0.2, -0.15) is 0 Å². The van der Waals surface area contributed by atoms with Crippen LogP contribution in [0.5, 0.6) is 0 Å². The summed E-state index contributed by atoms with van der Waals surface area (Å²) in [6, 6.07) is 17.6. The van der Waals surface area contributed by atoms with E-state index >= 15 is 0 Å². The number of carbonyl (C=O) groups excluding carboxylic acids is 2. The summed E-state index contributed by atoms with van der Waals surface area (Å²) in [7, 11) is 0. The molecule has 1 N–H and O–H groups in total. The largest absolute Gasteiger partial charge is 0.352 e. The van der Waals surface area contributed by atoms with Crippen molar-refractivity contribution in [2.75, 3.05) is 6.54 Å². The Hall–Kier alpha value is -2.62. The van der Waals surface area contributed by atoms with Crippen LogP contribution in [0, 0.1) is 6.92 Å². The average molecular weight is 381 g/mol. The summed E-state index contributed by atoms with van der Waals surface area (Å²) < 4.78 is 0. The molecule has 0 heterocycles. The fourth-order valence-corrected chi connectivity index (χ4v) is 3.13. The number of nitrogens with zero attached hydrogens (tertiary/aromatic N) is 1. The van der Waals surface area contributed by atoms with Crippen LogP contribution < -0.4 is 5.32 Å². The first kappa shape index (κ1) is 21.7. The van der Waals surface area contributed by atoms with Crippen molar-refractivity contribution in [1.29, 1.82) is 0 Å². The Morgan fingerprint density at radius 1 is 1.00 bits per heavy atom. The first-order valence-corrected chi connectivity index (χ1v) is 10.1. The van der Waals surface area contributed by atoms with E-state index in [1.165, 1.54) is 0 Å². The Bertz CT molecular complexity index is 773. The smallest absolute Gasteiger partial charge is 0.242 e. The van der Waals surface area contributed by atoms with Gasteiger partial charge in [-0.1, -0.05) is 67.1 Å². The van der Waals surface area contributed by atoms with Gasteiger partial charge in [0, 0.05) is 12.6 Å². The van der Waals surface area contributed by atoms with Gasteiger partial charge in [-0.3, -0.25) is 9.59 Å². The van der Waals surface area contributed by atoms with Crippen LogP contribution in [-0.4, -0.2) is 35.3 Å². The molecule has 4 heteroatoms. The maximum atomic E-state index is 13.1. The van der Waals surface area contributed by atoms with Crippen molar-refractivity contribution in [2.24, 2.45) is 0 Å². The van der Waals surface area contributed by atoms with Crippen molar-refractivity contribution in [3.63, 3.8) is 0 Å². The molecule has 0 aliphatic heterocycles. The molecule has 0 aromatic heterocycles. The molecule has 0 bridgehead atoms. The van der Waals surface area contributed by atoms with Crippen LogP contribution in [-0.2, 0) is 22.4 Å². The average Bonchev–Trinajstić information content (AvgIpc) is 2.68. The number of nitrogens with one attached hydrogen (secondary N) is 1. The van der Waals surface area contributed by atoms with E-state index < -0.39 is 6.04 Å². The van der Waals surface area contributed by atoms with Crippen molar-refractivity contribution in [2.45, 2.75) is 59.0 Å². The third-order valence-corrected chi connectivity index (χ3v) is 5.09. The fourth-order valence-electron chi connectivity index (χ4n) is 3.13. The van der Waals surface area contributed by atoms with Crippen LogP contribution in [0.15, 0.2) is 54.6 Å². The van der Waals surface area contributed by atoms with E-state index in [0.717, 1.165) is 29.5 Å². The first-order chi connectivity index (χ1) is 13.4. The van der Waals surface area contributed by atoms with Crippen LogP contribution in [0.4, 0.5) is 0 Å². The zero-order chi connectivity index (χ0) is 20.5. The van der Waals surface area contributed by atoms with Crippen molar-refractivity contribution in [3.05, 3.63) is 71.3 Å². The van der Waals surface area contributed by atoms with Gasteiger partial charge in [0.15, 0.2) is 0 Å². The predicted octanol–water partition coefficient (Wildman–Crippen LogP) is 3.91. The SMILES string of the molecule is CC[C@H](C)NC(=O)[C@@H](C)N(CCc1ccccc1)C(=O)Cc1cccc(C)c1. The minimum Gasteiger partial charge on any atom is -0.352 e. The molecular formula is C24H32N2O2. The van der Waals surface area contributed by atoms with E-state index in [4.69, 9.17) is 0 Å². The van der Waals surface area contributed by atoms with Gasteiger partial charge < -0.3 is 10.2 Å². The molecule has 150 valence electrons. The summed E-state index contributed by atoms with van der Waals surface area (Å²) in [4.78, 5) is 27.5. The highest BCUT2D eigenvalue weighted by Crippen LogP contribution is 2.11. The zero-order valence-corrected chi connectivity index (χ0v) is 17.4. The molecule has 2 atom stereocenters. The third kappa shape index (κ3) is 6.52. The summed E-state index contributed by atoms with van der Waals surface area (Å²) in [5.41, 5.74) is 3.26. The second kappa shape index (κ2) is 10.6. The van der Waals surface area contributed by atoms with E-state index in [-0.39, 0.29) is 17.9 Å². The number of benzene rings is 2. The monoisotopic (exact) mass is 380 g/mol. The highest BCUT2D eigenvalue weighted by atomic mass is 16.2. The fraction of sp³-hybridized carbons (Fsp3) is 0.417. The Morgan fingerprint density at radius 2 is 1.68 bits per heavy atom. The first-order valence-electron chi connectivity index (χ1n) is 10.1. The molecule has 0 spiro atoms. The number of hydrogen-bond donors (Lipinski definition) is 1. The van der Waals surface area contributed by atoms with Crippen LogP contribution >= 0.6 is 0 Å². The summed E-state index contributed by atoms with van der Waals surface area (Å²) >= 11 is 0. The molecule has 0 aliphatic carbocycles. The van der Waals surface area contributed by atoms with Crippen molar-refractivity contribution < 1.29 is 9.59 Å². The van der Waals surface area contributed by atoms with Crippen LogP contribution in [0.3, 0.4) is 0 Å². The molecule has 0 unspecified atom stereocenters. The van der Waals surface area contributed by atoms with Gasteiger partial charge in [-0.15, -0.1) is 0 Å². The number of hydrogen-bond acceptors (Lipinski definition) is 2. The van der Waals surface area contributed by atoms with Crippen LogP contribution in [0.25, 0.3) is 0 Å². The lowest BCUT2D eigenvalue weighted by Crippen LogP contribution is -2.50. The normalized spacial score (nSPS) is 12.9. The summed E-state index contributed by atoms with van der Waals surface area (Å²) in [6.07, 6.45) is 1.89. The maximum Gasteiger partial charge on any atom is 0.242 e. The van der Waals surface area contributed by atoms with E-state index in [2.05, 4.69) is 5.32 Å². The lowest BCUT2D eigenvalue weighted by molar-refractivity contribution is -0.139. The topological polar surface area (TPSA) is 49.4 Å². The standard InChI is InChI=1S/C24H32N2O2/c1-5-19(3)25-24(28)20(4)26(15-14-21-11-7-6-8-12-21)23(27)17-22-13-9-10-18(2)16-22/h6-13,16,19-20H,5,14-15,17H2,1-4H3,(H,25,28)/t19-,20+/m0/s1. The lowest BCUT2D eigenvalue weighted by atomic mass is 10.1. The van der Waals surface area contributed by atoms with Crippen LogP contribution in [0.2, 0.25) is 0 Å². The molecule has 2 amide bonds. The molecule has 0 aliphatic rings. The van der Waals surface area contributed by atoms with Gasteiger partial charge in [-0.25, -0.2) is 0 Å². The van der Waals surface area contributed by atoms with Crippen molar-refractivity contribution in [1.82, 2.24) is 10.2 Å². The van der Waals surface area contributed by atoms with Gasteiger partial charge in [0.05, 0.1) is 6.42 Å². The molecule has 2 rings (SSSR count). The van der Waals surface area contributed by atoms with Gasteiger partial charge in [0.25, 0.3) is 0 Å². The molecule has 0 fully saturated rings. The molecule has 0 saturated heterocycles. The lowest BCUT2D eigenvalue weighted by Gasteiger charge is -2.30. The summed E-state index contributed by atoms with van der Waals surface area (Å²) in [5, 5.41) is 3.00. The van der Waals surface area contributed by atoms with Crippen LogP contribution in [0.1, 0.15) is 43.9 Å². The third-order valence-electron chi connectivity index (χ3n) is 5.09. The molecule has 28 heavy (non-hydrogen) atoms. The Morgan fingerprint density at radius 3 is 2.32 bits per heavy atom. The van der Waals surface area contributed by atoms with E-state index in [1.807, 2.05) is 82.3 Å². The van der Waals surface area contributed by atoms with E-state index in [9.17, 15) is 9.59 Å². The Kier molecular flexibility index (Phi) is 8.24. The highest BCUT2D eigenvalue weighted by Gasteiger charge is 2.26. The molecular weight excluding hydrogens is 348 g/mol. The zero-order valence-electron chi connectivity index (χ0n) is 17.4. The predicted molar refractivity (Wildman–Crippen MR) is 114 cm³/mol. The second-order valence-corrected chi connectivity index (χ2v) is 7.48. The Labute approximate surface area is 169 Å². The van der Waals surface area contributed by atoms with E-state index in [1.54, 1.807) is 4.90 Å². The second-order valence-electron chi connectivity index (χ2n) is 7.48. The molecule has 2 aromatic rings. The quantitative estimate of drug-likeness (QED) is 0.717. The molecule has 0 saturated carbocycles. The number of aryl methyl sites for hydroxylation is 1. The van der Waals surface area contributed by atoms with Gasteiger partial charge in [-0.05, 0) is 44.7 Å². The minimum atomic E-state index is -0.505. The van der Waals surface area contributed by atoms with Gasteiger partial charge in [0.1, 0.15) is 6.04 Å². The molecule has 4 nitrogen and oxygen atoms in total. The van der Waals surface area contributed by atoms with Crippen molar-refractivity contribution >= 4 is 11.8 Å². The van der Waals surface area contributed by atoms with Crippen molar-refractivity contribution in [3.8, 4) is 0 Å². The molecule has 2 aromatic carbocycles. The number of amides is 2. The Balaban J connectivity index is 2.13. The highest BCUT2D eigenvalue weighted by molar-refractivity contribution is 5.88. The van der Waals surface area contributed by atoms with Gasteiger partial charge >= 0.3 is 0 Å².